The van der Waals surface area contributed by atoms with Crippen molar-refractivity contribution in [1.29, 1.82) is 0 Å². The minimum absolute atomic E-state index is 0.214. The second kappa shape index (κ2) is 5.20. The van der Waals surface area contributed by atoms with Crippen LogP contribution in [0.5, 0.6) is 0 Å². The lowest BCUT2D eigenvalue weighted by Crippen LogP contribution is -1.96. The molecule has 0 aromatic carbocycles. The van der Waals surface area contributed by atoms with Crippen LogP contribution in [-0.2, 0) is 9.53 Å². The topological polar surface area (TPSA) is 43.4 Å². The summed E-state index contributed by atoms with van der Waals surface area (Å²) in [5.74, 6) is 5.07. The highest BCUT2D eigenvalue weighted by Crippen LogP contribution is 2.15. The minimum atomic E-state index is -0.363. The third kappa shape index (κ3) is 2.71. The quantitative estimate of drug-likeness (QED) is 0.420. The number of carbonyl (C=O) groups is 2. The Labute approximate surface area is 85.7 Å². The number of ether oxygens (including phenoxy) is 1. The maximum absolute atomic E-state index is 11.0. The number of aldehydes is 1. The van der Waals surface area contributed by atoms with E-state index in [1.165, 1.54) is 18.4 Å². The van der Waals surface area contributed by atoms with Gasteiger partial charge in [0.05, 0.1) is 18.4 Å². The van der Waals surface area contributed by atoms with Crippen molar-refractivity contribution < 1.29 is 14.3 Å². The fourth-order valence-corrected chi connectivity index (χ4v) is 1.59. The molecule has 72 valence electrons. The van der Waals surface area contributed by atoms with Crippen LogP contribution in [0.2, 0.25) is 0 Å². The molecule has 4 heteroatoms. The maximum atomic E-state index is 11.0. The first-order valence-electron chi connectivity index (χ1n) is 3.88. The van der Waals surface area contributed by atoms with E-state index in [0.717, 1.165) is 11.2 Å². The highest BCUT2D eigenvalue weighted by Gasteiger charge is 2.07. The first-order chi connectivity index (χ1) is 6.77. The first-order valence-corrected chi connectivity index (χ1v) is 4.70. The van der Waals surface area contributed by atoms with Crippen LogP contribution in [0, 0.1) is 11.8 Å². The number of hydrogen-bond donors (Lipinski definition) is 0. The van der Waals surface area contributed by atoms with Crippen molar-refractivity contribution in [3.05, 3.63) is 21.9 Å². The van der Waals surface area contributed by atoms with Crippen LogP contribution in [0.4, 0.5) is 0 Å². The van der Waals surface area contributed by atoms with Crippen molar-refractivity contribution in [2.75, 3.05) is 7.11 Å². The maximum Gasteiger partial charge on any atom is 0.348 e. The van der Waals surface area contributed by atoms with E-state index in [1.807, 2.05) is 0 Å². The third-order valence-electron chi connectivity index (χ3n) is 1.39. The van der Waals surface area contributed by atoms with Gasteiger partial charge in [0.15, 0.2) is 0 Å². The molecule has 0 radical (unpaired) electrons. The van der Waals surface area contributed by atoms with Gasteiger partial charge in [0.2, 0.25) is 0 Å². The summed E-state index contributed by atoms with van der Waals surface area (Å²) in [6.45, 7) is 0. The molecule has 0 N–H and O–H groups in total. The highest BCUT2D eigenvalue weighted by atomic mass is 32.1. The molecule has 0 aliphatic rings. The van der Waals surface area contributed by atoms with E-state index in [2.05, 4.69) is 16.6 Å². The highest BCUT2D eigenvalue weighted by molar-refractivity contribution is 7.14. The Balaban J connectivity index is 2.74. The molecule has 1 rings (SSSR count). The van der Waals surface area contributed by atoms with E-state index in [1.54, 1.807) is 12.1 Å². The van der Waals surface area contributed by atoms with Crippen molar-refractivity contribution in [2.24, 2.45) is 0 Å². The lowest BCUT2D eigenvalue weighted by Gasteiger charge is -1.90. The van der Waals surface area contributed by atoms with Gasteiger partial charge in [0.25, 0.3) is 0 Å². The van der Waals surface area contributed by atoms with Crippen LogP contribution in [-0.4, -0.2) is 19.4 Å². The van der Waals surface area contributed by atoms with Crippen molar-refractivity contribution in [2.45, 2.75) is 6.42 Å². The molecule has 1 aromatic rings. The average Bonchev–Trinajstić information content (AvgIpc) is 2.66. The molecule has 0 saturated carbocycles. The predicted octanol–water partition coefficient (Wildman–Crippen LogP) is 1.48. The van der Waals surface area contributed by atoms with Crippen molar-refractivity contribution in [3.63, 3.8) is 0 Å². The Bertz CT molecular complexity index is 395. The molecular weight excluding hydrogens is 200 g/mol. The lowest BCUT2D eigenvalue weighted by molar-refractivity contribution is -0.107. The lowest BCUT2D eigenvalue weighted by atomic mass is 10.4. The van der Waals surface area contributed by atoms with Crippen LogP contribution in [0.25, 0.3) is 0 Å². The Morgan fingerprint density at radius 2 is 2.43 bits per heavy atom. The van der Waals surface area contributed by atoms with Gasteiger partial charge in [0, 0.05) is 0 Å². The van der Waals surface area contributed by atoms with E-state index < -0.39 is 0 Å². The van der Waals surface area contributed by atoms with Crippen LogP contribution in [0.3, 0.4) is 0 Å². The largest absolute Gasteiger partial charge is 0.465 e. The molecule has 0 aliphatic heterocycles. The molecule has 0 aliphatic carbocycles. The number of esters is 1. The number of hydrogen-bond acceptors (Lipinski definition) is 4. The molecule has 0 bridgehead atoms. The number of thiophene rings is 1. The molecule has 3 nitrogen and oxygen atoms in total. The smallest absolute Gasteiger partial charge is 0.348 e. The minimum Gasteiger partial charge on any atom is -0.465 e. The summed E-state index contributed by atoms with van der Waals surface area (Å²) >= 11 is 1.25. The molecule has 0 spiro atoms. The van der Waals surface area contributed by atoms with Crippen molar-refractivity contribution in [1.82, 2.24) is 0 Å². The van der Waals surface area contributed by atoms with Gasteiger partial charge in [-0.2, -0.15) is 0 Å². The van der Waals surface area contributed by atoms with E-state index in [4.69, 9.17) is 0 Å². The molecule has 0 saturated heterocycles. The molecule has 0 fully saturated rings. The van der Waals surface area contributed by atoms with Gasteiger partial charge in [0.1, 0.15) is 11.2 Å². The molecule has 1 aromatic heterocycles. The Morgan fingerprint density at radius 3 is 3.07 bits per heavy atom. The van der Waals surface area contributed by atoms with E-state index in [9.17, 15) is 9.59 Å². The van der Waals surface area contributed by atoms with E-state index in [0.29, 0.717) is 4.88 Å². The Morgan fingerprint density at radius 1 is 1.64 bits per heavy atom. The monoisotopic (exact) mass is 208 g/mol. The summed E-state index contributed by atoms with van der Waals surface area (Å²) in [5.41, 5.74) is 0. The molecule has 0 atom stereocenters. The van der Waals surface area contributed by atoms with Crippen LogP contribution < -0.4 is 0 Å². The second-order valence-corrected chi connectivity index (χ2v) is 3.41. The van der Waals surface area contributed by atoms with E-state index in [-0.39, 0.29) is 12.4 Å². The predicted molar refractivity (Wildman–Crippen MR) is 53.2 cm³/mol. The molecule has 0 unspecified atom stereocenters. The van der Waals surface area contributed by atoms with Gasteiger partial charge in [-0.05, 0) is 12.1 Å². The normalized spacial score (nSPS) is 8.64. The fraction of sp³-hybridized carbons (Fsp3) is 0.200. The van der Waals surface area contributed by atoms with Crippen molar-refractivity contribution in [3.8, 4) is 11.8 Å². The SMILES string of the molecule is COC(=O)c1ccc(C#CCC=O)s1. The second-order valence-electron chi connectivity index (χ2n) is 2.33. The Kier molecular flexibility index (Phi) is 3.89. The summed E-state index contributed by atoms with van der Waals surface area (Å²) in [4.78, 5) is 22.3. The van der Waals surface area contributed by atoms with Gasteiger partial charge in [-0.3, -0.25) is 0 Å². The van der Waals surface area contributed by atoms with Gasteiger partial charge in [-0.1, -0.05) is 11.8 Å². The average molecular weight is 208 g/mol. The third-order valence-corrected chi connectivity index (χ3v) is 2.37. The van der Waals surface area contributed by atoms with Crippen LogP contribution >= 0.6 is 11.3 Å². The standard InChI is InChI=1S/C10H8O3S/c1-13-10(12)9-6-5-8(14-9)4-2-3-7-11/h5-7H,3H2,1H3. The van der Waals surface area contributed by atoms with Crippen molar-refractivity contribution >= 4 is 23.6 Å². The van der Waals surface area contributed by atoms with Gasteiger partial charge >= 0.3 is 5.97 Å². The first kappa shape index (κ1) is 10.5. The zero-order valence-corrected chi connectivity index (χ0v) is 8.39. The van der Waals surface area contributed by atoms with Gasteiger partial charge in [-0.15, -0.1) is 11.3 Å². The summed E-state index contributed by atoms with van der Waals surface area (Å²) in [6, 6.07) is 3.39. The van der Waals surface area contributed by atoms with E-state index >= 15 is 0 Å². The Hall–Kier alpha value is -1.60. The van der Waals surface area contributed by atoms with Gasteiger partial charge < -0.3 is 9.53 Å². The zero-order chi connectivity index (χ0) is 10.4. The summed E-state index contributed by atoms with van der Waals surface area (Å²) < 4.78 is 4.54. The molecule has 14 heavy (non-hydrogen) atoms. The molecular formula is C10H8O3S. The summed E-state index contributed by atoms with van der Waals surface area (Å²) in [7, 11) is 1.33. The zero-order valence-electron chi connectivity index (χ0n) is 7.57. The number of methoxy groups -OCH3 is 1. The molecule has 0 amide bonds. The van der Waals surface area contributed by atoms with Crippen LogP contribution in [0.15, 0.2) is 12.1 Å². The van der Waals surface area contributed by atoms with Gasteiger partial charge in [-0.25, -0.2) is 4.79 Å². The van der Waals surface area contributed by atoms with Crippen LogP contribution in [0.1, 0.15) is 21.0 Å². The summed E-state index contributed by atoms with van der Waals surface area (Å²) in [6.07, 6.45) is 0.952. The fourth-order valence-electron chi connectivity index (χ4n) is 0.795. The number of carbonyl (C=O) groups excluding carboxylic acids is 2. The summed E-state index contributed by atoms with van der Waals surface area (Å²) in [5, 5.41) is 0. The number of rotatable bonds is 2. The molecule has 1 heterocycles.